The van der Waals surface area contributed by atoms with Crippen molar-refractivity contribution in [3.8, 4) is 0 Å². The lowest BCUT2D eigenvalue weighted by Crippen LogP contribution is -2.36. The van der Waals surface area contributed by atoms with Crippen molar-refractivity contribution in [2.24, 2.45) is 5.92 Å². The third kappa shape index (κ3) is 4.24. The molecule has 2 unspecified atom stereocenters. The van der Waals surface area contributed by atoms with Crippen LogP contribution in [0, 0.1) is 12.8 Å². The van der Waals surface area contributed by atoms with Crippen molar-refractivity contribution in [3.63, 3.8) is 0 Å². The average molecular weight is 263 g/mol. The third-order valence-electron chi connectivity index (χ3n) is 3.57. The van der Waals surface area contributed by atoms with E-state index in [1.165, 1.54) is 6.08 Å². The van der Waals surface area contributed by atoms with Crippen molar-refractivity contribution < 1.29 is 14.3 Å². The van der Waals surface area contributed by atoms with Crippen LogP contribution in [0.25, 0.3) is 6.08 Å². The number of aliphatic hydroxyl groups excluding tert-OH is 1. The first-order valence-corrected chi connectivity index (χ1v) is 6.85. The van der Waals surface area contributed by atoms with Crippen LogP contribution in [0.1, 0.15) is 37.2 Å². The van der Waals surface area contributed by atoms with E-state index < -0.39 is 0 Å². The zero-order valence-electron chi connectivity index (χ0n) is 11.3. The molecule has 0 aromatic carbocycles. The summed E-state index contributed by atoms with van der Waals surface area (Å²) in [6.45, 7) is 2.41. The summed E-state index contributed by atoms with van der Waals surface area (Å²) in [6.07, 6.45) is 6.91. The Kier molecular flexibility index (Phi) is 4.80. The molecular formula is C15H21NO3. The Bertz CT molecular complexity index is 450. The first-order chi connectivity index (χ1) is 9.15. The first kappa shape index (κ1) is 13.9. The predicted molar refractivity (Wildman–Crippen MR) is 73.5 cm³/mol. The quantitative estimate of drug-likeness (QED) is 0.819. The van der Waals surface area contributed by atoms with E-state index >= 15 is 0 Å². The number of rotatable bonds is 4. The molecule has 1 aromatic heterocycles. The highest BCUT2D eigenvalue weighted by atomic mass is 16.3. The van der Waals surface area contributed by atoms with Crippen LogP contribution < -0.4 is 5.32 Å². The lowest BCUT2D eigenvalue weighted by Gasteiger charge is -2.27. The van der Waals surface area contributed by atoms with Crippen LogP contribution in [0.5, 0.6) is 0 Å². The first-order valence-electron chi connectivity index (χ1n) is 6.85. The number of carbonyl (C=O) groups is 1. The molecule has 1 amide bonds. The van der Waals surface area contributed by atoms with Crippen LogP contribution in [0.15, 0.2) is 22.6 Å². The fraction of sp³-hybridized carbons (Fsp3) is 0.533. The van der Waals surface area contributed by atoms with Gasteiger partial charge in [-0.1, -0.05) is 12.8 Å². The molecule has 0 radical (unpaired) electrons. The van der Waals surface area contributed by atoms with Crippen molar-refractivity contribution in [1.82, 2.24) is 5.32 Å². The highest BCUT2D eigenvalue weighted by Crippen LogP contribution is 2.23. The van der Waals surface area contributed by atoms with Crippen molar-refractivity contribution in [1.29, 1.82) is 0 Å². The van der Waals surface area contributed by atoms with Crippen molar-refractivity contribution in [2.45, 2.75) is 38.7 Å². The van der Waals surface area contributed by atoms with Crippen LogP contribution in [-0.4, -0.2) is 23.7 Å². The standard InChI is InChI=1S/C15H21NO3/c1-11-6-7-13(19-11)8-9-15(18)16-10-12-4-2-3-5-14(12)17/h6-9,12,14,17H,2-5,10H2,1H3,(H,16,18). The van der Waals surface area contributed by atoms with Crippen LogP contribution >= 0.6 is 0 Å². The number of nitrogens with one attached hydrogen (secondary N) is 1. The van der Waals surface area contributed by atoms with Gasteiger partial charge in [-0.3, -0.25) is 4.79 Å². The molecule has 0 aliphatic heterocycles. The van der Waals surface area contributed by atoms with Crippen LogP contribution in [-0.2, 0) is 4.79 Å². The van der Waals surface area contributed by atoms with E-state index in [1.807, 2.05) is 19.1 Å². The molecule has 2 rings (SSSR count). The van der Waals surface area contributed by atoms with Gasteiger partial charge in [0.1, 0.15) is 11.5 Å². The minimum absolute atomic E-state index is 0.146. The lowest BCUT2D eigenvalue weighted by atomic mass is 9.86. The fourth-order valence-corrected chi connectivity index (χ4v) is 2.42. The van der Waals surface area contributed by atoms with Crippen molar-refractivity contribution >= 4 is 12.0 Å². The Hall–Kier alpha value is -1.55. The Morgan fingerprint density at radius 3 is 2.95 bits per heavy atom. The number of hydrogen-bond donors (Lipinski definition) is 2. The molecule has 1 fully saturated rings. The Labute approximate surface area is 113 Å². The van der Waals surface area contributed by atoms with Gasteiger partial charge in [0.05, 0.1) is 6.10 Å². The maximum absolute atomic E-state index is 11.7. The second-order valence-corrected chi connectivity index (χ2v) is 5.14. The van der Waals surface area contributed by atoms with Gasteiger partial charge in [0.15, 0.2) is 0 Å². The van der Waals surface area contributed by atoms with E-state index in [2.05, 4.69) is 5.32 Å². The third-order valence-corrected chi connectivity index (χ3v) is 3.57. The number of aryl methyl sites for hydroxylation is 1. The highest BCUT2D eigenvalue weighted by Gasteiger charge is 2.22. The molecule has 2 atom stereocenters. The Morgan fingerprint density at radius 2 is 2.26 bits per heavy atom. The summed E-state index contributed by atoms with van der Waals surface area (Å²) in [4.78, 5) is 11.7. The molecule has 1 aliphatic carbocycles. The van der Waals surface area contributed by atoms with Crippen LogP contribution in [0.3, 0.4) is 0 Å². The van der Waals surface area contributed by atoms with E-state index in [0.717, 1.165) is 31.4 Å². The minimum Gasteiger partial charge on any atom is -0.462 e. The topological polar surface area (TPSA) is 62.5 Å². The molecule has 2 N–H and O–H groups in total. The van der Waals surface area contributed by atoms with Gasteiger partial charge in [-0.2, -0.15) is 0 Å². The summed E-state index contributed by atoms with van der Waals surface area (Å²) in [7, 11) is 0. The molecule has 19 heavy (non-hydrogen) atoms. The van der Waals surface area contributed by atoms with Gasteiger partial charge in [-0.15, -0.1) is 0 Å². The molecule has 0 saturated heterocycles. The molecule has 1 heterocycles. The second kappa shape index (κ2) is 6.57. The zero-order chi connectivity index (χ0) is 13.7. The van der Waals surface area contributed by atoms with Gasteiger partial charge in [0.2, 0.25) is 5.91 Å². The number of hydrogen-bond acceptors (Lipinski definition) is 3. The summed E-state index contributed by atoms with van der Waals surface area (Å²) in [5, 5.41) is 12.6. The van der Waals surface area contributed by atoms with E-state index in [-0.39, 0.29) is 17.9 Å². The average Bonchev–Trinajstić information content (AvgIpc) is 2.81. The van der Waals surface area contributed by atoms with Gasteiger partial charge >= 0.3 is 0 Å². The molecule has 4 heteroatoms. The Morgan fingerprint density at radius 1 is 1.47 bits per heavy atom. The van der Waals surface area contributed by atoms with Gasteiger partial charge in [-0.05, 0) is 38.0 Å². The van der Waals surface area contributed by atoms with Gasteiger partial charge in [0, 0.05) is 18.5 Å². The maximum Gasteiger partial charge on any atom is 0.244 e. The molecule has 0 spiro atoms. The largest absolute Gasteiger partial charge is 0.462 e. The number of amides is 1. The van der Waals surface area contributed by atoms with Crippen molar-refractivity contribution in [3.05, 3.63) is 29.7 Å². The van der Waals surface area contributed by atoms with E-state index in [4.69, 9.17) is 4.42 Å². The molecule has 1 aliphatic rings. The SMILES string of the molecule is Cc1ccc(C=CC(=O)NCC2CCCCC2O)o1. The molecule has 1 saturated carbocycles. The monoisotopic (exact) mass is 263 g/mol. The van der Waals surface area contributed by atoms with Gasteiger partial charge in [-0.25, -0.2) is 0 Å². The zero-order valence-corrected chi connectivity index (χ0v) is 11.3. The van der Waals surface area contributed by atoms with Crippen LogP contribution in [0.2, 0.25) is 0 Å². The molecule has 4 nitrogen and oxygen atoms in total. The molecule has 104 valence electrons. The predicted octanol–water partition coefficient (Wildman–Crippen LogP) is 2.27. The summed E-state index contributed by atoms with van der Waals surface area (Å²) in [5.41, 5.74) is 0. The molecule has 0 bridgehead atoms. The van der Waals surface area contributed by atoms with E-state index in [0.29, 0.717) is 12.3 Å². The van der Waals surface area contributed by atoms with Crippen molar-refractivity contribution in [2.75, 3.05) is 6.54 Å². The molecular weight excluding hydrogens is 242 g/mol. The van der Waals surface area contributed by atoms with Gasteiger partial charge in [0.25, 0.3) is 0 Å². The number of furan rings is 1. The summed E-state index contributed by atoms with van der Waals surface area (Å²) >= 11 is 0. The normalized spacial score (nSPS) is 23.7. The molecule has 1 aromatic rings. The minimum atomic E-state index is -0.272. The second-order valence-electron chi connectivity index (χ2n) is 5.14. The number of aliphatic hydroxyl groups is 1. The fourth-order valence-electron chi connectivity index (χ4n) is 2.42. The van der Waals surface area contributed by atoms with E-state index in [9.17, 15) is 9.90 Å². The number of carbonyl (C=O) groups excluding carboxylic acids is 1. The lowest BCUT2D eigenvalue weighted by molar-refractivity contribution is -0.116. The van der Waals surface area contributed by atoms with E-state index in [1.54, 1.807) is 6.08 Å². The Balaban J connectivity index is 1.76. The summed E-state index contributed by atoms with van der Waals surface area (Å²) in [6, 6.07) is 3.68. The van der Waals surface area contributed by atoms with Crippen LogP contribution in [0.4, 0.5) is 0 Å². The smallest absolute Gasteiger partial charge is 0.244 e. The highest BCUT2D eigenvalue weighted by molar-refractivity contribution is 5.91. The summed E-state index contributed by atoms with van der Waals surface area (Å²) < 4.78 is 5.34. The maximum atomic E-state index is 11.7. The van der Waals surface area contributed by atoms with Gasteiger partial charge < -0.3 is 14.8 Å². The summed E-state index contributed by atoms with van der Waals surface area (Å²) in [5.74, 6) is 1.54.